The summed E-state index contributed by atoms with van der Waals surface area (Å²) >= 11 is 1.69. The molecule has 0 bridgehead atoms. The van der Waals surface area contributed by atoms with Crippen LogP contribution in [0.15, 0.2) is 29.2 Å². The molecule has 1 heterocycles. The molecule has 1 saturated heterocycles. The molecule has 1 aromatic rings. The summed E-state index contributed by atoms with van der Waals surface area (Å²) in [6.45, 7) is 6.26. The molecule has 0 aliphatic carbocycles. The quantitative estimate of drug-likeness (QED) is 0.863. The Morgan fingerprint density at radius 2 is 2.15 bits per heavy atom. The molecule has 4 nitrogen and oxygen atoms in total. The molecule has 110 valence electrons. The number of ether oxygens (including phenoxy) is 1. The van der Waals surface area contributed by atoms with Crippen molar-refractivity contribution in [3.05, 3.63) is 24.3 Å². The van der Waals surface area contributed by atoms with E-state index >= 15 is 0 Å². The average molecular weight is 294 g/mol. The molecule has 2 unspecified atom stereocenters. The van der Waals surface area contributed by atoms with Crippen molar-refractivity contribution < 1.29 is 9.53 Å². The summed E-state index contributed by atoms with van der Waals surface area (Å²) in [6.07, 6.45) is 1.59. The van der Waals surface area contributed by atoms with Crippen LogP contribution in [0.5, 0.6) is 5.75 Å². The van der Waals surface area contributed by atoms with Crippen LogP contribution in [0.25, 0.3) is 0 Å². The molecule has 1 N–H and O–H groups in total. The topological polar surface area (TPSA) is 41.6 Å². The Hall–Kier alpha value is -1.20. The summed E-state index contributed by atoms with van der Waals surface area (Å²) in [5.41, 5.74) is 0. The summed E-state index contributed by atoms with van der Waals surface area (Å²) < 4.78 is 5.74. The van der Waals surface area contributed by atoms with Gasteiger partial charge >= 0.3 is 0 Å². The first-order valence-electron chi connectivity index (χ1n) is 6.93. The molecule has 5 heteroatoms. The van der Waals surface area contributed by atoms with E-state index < -0.39 is 6.10 Å². The molecule has 1 fully saturated rings. The number of carbonyl (C=O) groups is 1. The van der Waals surface area contributed by atoms with Gasteiger partial charge in [-0.1, -0.05) is 0 Å². The number of nitrogens with one attached hydrogen (secondary N) is 1. The van der Waals surface area contributed by atoms with Gasteiger partial charge in [0.25, 0.3) is 5.91 Å². The first kappa shape index (κ1) is 15.2. The molecule has 0 saturated carbocycles. The van der Waals surface area contributed by atoms with Gasteiger partial charge in [0.15, 0.2) is 6.10 Å². The van der Waals surface area contributed by atoms with E-state index in [1.54, 1.807) is 11.8 Å². The van der Waals surface area contributed by atoms with Crippen molar-refractivity contribution in [3.8, 4) is 5.75 Å². The maximum atomic E-state index is 12.3. The molecule has 0 spiro atoms. The summed E-state index contributed by atoms with van der Waals surface area (Å²) in [5.74, 6) is 0.805. The molecule has 1 amide bonds. The Bertz CT molecular complexity index is 450. The third-order valence-electron chi connectivity index (χ3n) is 3.40. The van der Waals surface area contributed by atoms with Gasteiger partial charge in [0.2, 0.25) is 0 Å². The molecule has 1 aliphatic rings. The lowest BCUT2D eigenvalue weighted by atomic mass is 10.2. The van der Waals surface area contributed by atoms with Gasteiger partial charge in [-0.3, -0.25) is 4.79 Å². The second-order valence-corrected chi connectivity index (χ2v) is 5.95. The van der Waals surface area contributed by atoms with Crippen LogP contribution in [0.2, 0.25) is 0 Å². The highest BCUT2D eigenvalue weighted by atomic mass is 32.2. The minimum atomic E-state index is -0.444. The van der Waals surface area contributed by atoms with Crippen molar-refractivity contribution in [2.75, 3.05) is 25.9 Å². The second kappa shape index (κ2) is 6.99. The van der Waals surface area contributed by atoms with Crippen molar-refractivity contribution in [1.29, 1.82) is 0 Å². The van der Waals surface area contributed by atoms with Gasteiger partial charge in [0, 0.05) is 30.6 Å². The molecule has 0 radical (unpaired) electrons. The zero-order valence-corrected chi connectivity index (χ0v) is 13.1. The third-order valence-corrected chi connectivity index (χ3v) is 4.14. The monoisotopic (exact) mass is 294 g/mol. The predicted molar refractivity (Wildman–Crippen MR) is 82.4 cm³/mol. The number of hydrogen-bond donors (Lipinski definition) is 1. The summed E-state index contributed by atoms with van der Waals surface area (Å²) in [4.78, 5) is 15.4. The Balaban J connectivity index is 1.92. The van der Waals surface area contributed by atoms with Crippen LogP contribution in [-0.2, 0) is 4.79 Å². The Morgan fingerprint density at radius 1 is 1.45 bits per heavy atom. The fourth-order valence-corrected chi connectivity index (χ4v) is 2.71. The van der Waals surface area contributed by atoms with Gasteiger partial charge in [-0.2, -0.15) is 0 Å². The Kier molecular flexibility index (Phi) is 5.31. The first-order valence-corrected chi connectivity index (χ1v) is 8.15. The number of amides is 1. The number of piperazine rings is 1. The van der Waals surface area contributed by atoms with Crippen molar-refractivity contribution in [1.82, 2.24) is 10.2 Å². The third kappa shape index (κ3) is 3.90. The smallest absolute Gasteiger partial charge is 0.263 e. The Morgan fingerprint density at radius 3 is 2.75 bits per heavy atom. The highest BCUT2D eigenvalue weighted by molar-refractivity contribution is 7.98. The number of rotatable bonds is 4. The van der Waals surface area contributed by atoms with Crippen molar-refractivity contribution in [2.45, 2.75) is 30.9 Å². The van der Waals surface area contributed by atoms with Crippen molar-refractivity contribution in [2.24, 2.45) is 0 Å². The number of benzene rings is 1. The van der Waals surface area contributed by atoms with Crippen LogP contribution >= 0.6 is 11.8 Å². The second-order valence-electron chi connectivity index (χ2n) is 5.08. The lowest BCUT2D eigenvalue weighted by Gasteiger charge is -2.33. The van der Waals surface area contributed by atoms with Gasteiger partial charge in [0.05, 0.1) is 0 Å². The number of hydrogen-bond acceptors (Lipinski definition) is 4. The van der Waals surface area contributed by atoms with Gasteiger partial charge in [-0.15, -0.1) is 11.8 Å². The summed E-state index contributed by atoms with van der Waals surface area (Å²) in [6, 6.07) is 8.18. The fraction of sp³-hybridized carbons (Fsp3) is 0.533. The summed E-state index contributed by atoms with van der Waals surface area (Å²) in [5, 5.41) is 3.33. The normalized spacial score (nSPS) is 20.6. The van der Waals surface area contributed by atoms with Crippen LogP contribution in [0.1, 0.15) is 13.8 Å². The lowest BCUT2D eigenvalue weighted by molar-refractivity contribution is -0.139. The van der Waals surface area contributed by atoms with Crippen LogP contribution < -0.4 is 10.1 Å². The predicted octanol–water partition coefficient (Wildman–Crippen LogP) is 2.00. The maximum Gasteiger partial charge on any atom is 0.263 e. The van der Waals surface area contributed by atoms with Crippen LogP contribution in [0, 0.1) is 0 Å². The van der Waals surface area contributed by atoms with E-state index in [0.717, 1.165) is 25.4 Å². The molecule has 2 atom stereocenters. The van der Waals surface area contributed by atoms with Crippen LogP contribution in [0.4, 0.5) is 0 Å². The first-order chi connectivity index (χ1) is 9.60. The van der Waals surface area contributed by atoms with Crippen LogP contribution in [-0.4, -0.2) is 48.8 Å². The number of thioether (sulfide) groups is 1. The largest absolute Gasteiger partial charge is 0.481 e. The zero-order valence-electron chi connectivity index (χ0n) is 12.3. The standard InChI is InChI=1S/C15H22N2O2S/c1-11-10-17(9-8-16-11)15(18)12(2)19-13-4-6-14(20-3)7-5-13/h4-7,11-12,16H,8-10H2,1-3H3. The van der Waals surface area contributed by atoms with Gasteiger partial charge < -0.3 is 15.0 Å². The highest BCUT2D eigenvalue weighted by Crippen LogP contribution is 2.20. The van der Waals surface area contributed by atoms with Gasteiger partial charge in [-0.25, -0.2) is 0 Å². The van der Waals surface area contributed by atoms with E-state index in [2.05, 4.69) is 12.2 Å². The summed E-state index contributed by atoms with van der Waals surface area (Å²) in [7, 11) is 0. The SMILES string of the molecule is CSc1ccc(OC(C)C(=O)N2CCNC(C)C2)cc1. The van der Waals surface area contributed by atoms with E-state index in [1.807, 2.05) is 42.3 Å². The Labute approximate surface area is 124 Å². The van der Waals surface area contributed by atoms with Gasteiger partial charge in [-0.05, 0) is 44.4 Å². The fourth-order valence-electron chi connectivity index (χ4n) is 2.30. The highest BCUT2D eigenvalue weighted by Gasteiger charge is 2.25. The number of carbonyl (C=O) groups excluding carboxylic acids is 1. The van der Waals surface area contributed by atoms with E-state index in [1.165, 1.54) is 4.90 Å². The minimum absolute atomic E-state index is 0.0623. The molecular weight excluding hydrogens is 272 g/mol. The van der Waals surface area contributed by atoms with Crippen molar-refractivity contribution >= 4 is 17.7 Å². The molecule has 20 heavy (non-hydrogen) atoms. The van der Waals surface area contributed by atoms with E-state index in [-0.39, 0.29) is 5.91 Å². The van der Waals surface area contributed by atoms with E-state index in [0.29, 0.717) is 6.04 Å². The molecule has 2 rings (SSSR count). The van der Waals surface area contributed by atoms with E-state index in [9.17, 15) is 4.79 Å². The average Bonchev–Trinajstić information content (AvgIpc) is 2.47. The molecular formula is C15H22N2O2S. The zero-order chi connectivity index (χ0) is 14.5. The number of nitrogens with zero attached hydrogens (tertiary/aromatic N) is 1. The molecule has 1 aromatic carbocycles. The van der Waals surface area contributed by atoms with Gasteiger partial charge in [0.1, 0.15) is 5.75 Å². The lowest BCUT2D eigenvalue weighted by Crippen LogP contribution is -2.54. The van der Waals surface area contributed by atoms with Crippen molar-refractivity contribution in [3.63, 3.8) is 0 Å². The van der Waals surface area contributed by atoms with E-state index in [4.69, 9.17) is 4.74 Å². The molecule has 0 aromatic heterocycles. The molecule has 1 aliphatic heterocycles. The maximum absolute atomic E-state index is 12.3. The minimum Gasteiger partial charge on any atom is -0.481 e. The van der Waals surface area contributed by atoms with Crippen LogP contribution in [0.3, 0.4) is 0 Å².